The number of aliphatic hydroxyl groups is 1. The lowest BCUT2D eigenvalue weighted by atomic mass is 10.0. The number of methoxy groups -OCH3 is 1. The maximum Gasteiger partial charge on any atom is 0.337 e. The second-order valence-corrected chi connectivity index (χ2v) is 6.16. The number of ether oxygens (including phenoxy) is 1. The highest BCUT2D eigenvalue weighted by molar-refractivity contribution is 5.94. The van der Waals surface area contributed by atoms with Crippen LogP contribution in [0.25, 0.3) is 0 Å². The van der Waals surface area contributed by atoms with E-state index in [2.05, 4.69) is 10.6 Å². The second kappa shape index (κ2) is 7.38. The van der Waals surface area contributed by atoms with E-state index in [0.717, 1.165) is 0 Å². The Morgan fingerprint density at radius 2 is 1.91 bits per heavy atom. The molecule has 1 aromatic rings. The molecule has 0 aliphatic heterocycles. The van der Waals surface area contributed by atoms with Crippen LogP contribution in [0.2, 0.25) is 0 Å². The number of benzene rings is 1. The van der Waals surface area contributed by atoms with Gasteiger partial charge in [0.2, 0.25) is 5.91 Å². The van der Waals surface area contributed by atoms with E-state index < -0.39 is 12.1 Å². The largest absolute Gasteiger partial charge is 0.465 e. The molecule has 22 heavy (non-hydrogen) atoms. The number of hydrogen-bond donors (Lipinski definition) is 3. The maximum atomic E-state index is 11.7. The van der Waals surface area contributed by atoms with Crippen molar-refractivity contribution >= 4 is 17.6 Å². The van der Waals surface area contributed by atoms with Crippen LogP contribution >= 0.6 is 0 Å². The predicted molar refractivity (Wildman–Crippen MR) is 84.8 cm³/mol. The lowest BCUT2D eigenvalue weighted by molar-refractivity contribution is -0.114. The molecule has 0 bridgehead atoms. The monoisotopic (exact) mass is 308 g/mol. The van der Waals surface area contributed by atoms with Crippen LogP contribution < -0.4 is 10.6 Å². The average molecular weight is 308 g/mol. The van der Waals surface area contributed by atoms with Crippen LogP contribution in [0.15, 0.2) is 18.2 Å². The summed E-state index contributed by atoms with van der Waals surface area (Å²) in [5, 5.41) is 16.1. The van der Waals surface area contributed by atoms with Crippen LogP contribution in [0, 0.1) is 0 Å². The fourth-order valence-electron chi connectivity index (χ4n) is 1.88. The molecule has 6 nitrogen and oxygen atoms in total. The van der Waals surface area contributed by atoms with E-state index >= 15 is 0 Å². The zero-order valence-electron chi connectivity index (χ0n) is 13.7. The highest BCUT2D eigenvalue weighted by atomic mass is 16.5. The number of hydrogen-bond acceptors (Lipinski definition) is 5. The number of rotatable bonds is 5. The van der Waals surface area contributed by atoms with Crippen molar-refractivity contribution < 1.29 is 19.4 Å². The first-order valence-corrected chi connectivity index (χ1v) is 7.06. The van der Waals surface area contributed by atoms with Gasteiger partial charge in [-0.2, -0.15) is 0 Å². The molecule has 1 rings (SSSR count). The molecule has 1 unspecified atom stereocenters. The Morgan fingerprint density at radius 3 is 2.41 bits per heavy atom. The number of amides is 1. The molecule has 0 aromatic heterocycles. The van der Waals surface area contributed by atoms with Gasteiger partial charge in [0.05, 0.1) is 18.8 Å². The summed E-state index contributed by atoms with van der Waals surface area (Å²) >= 11 is 0. The molecule has 0 fully saturated rings. The number of carbonyl (C=O) groups is 2. The van der Waals surface area contributed by atoms with Crippen LogP contribution in [0.4, 0.5) is 5.69 Å². The van der Waals surface area contributed by atoms with E-state index in [0.29, 0.717) is 17.8 Å². The summed E-state index contributed by atoms with van der Waals surface area (Å²) in [7, 11) is 1.28. The Balaban J connectivity index is 3.05. The van der Waals surface area contributed by atoms with Crippen LogP contribution in [-0.2, 0) is 9.53 Å². The molecule has 0 saturated carbocycles. The van der Waals surface area contributed by atoms with Crippen molar-refractivity contribution in [2.45, 2.75) is 39.3 Å². The fraction of sp³-hybridized carbons (Fsp3) is 0.500. The number of nitrogens with one attached hydrogen (secondary N) is 2. The Hall–Kier alpha value is -1.92. The Labute approximate surface area is 130 Å². The summed E-state index contributed by atoms with van der Waals surface area (Å²) < 4.78 is 4.70. The first kappa shape index (κ1) is 18.1. The van der Waals surface area contributed by atoms with Crippen molar-refractivity contribution in [3.8, 4) is 0 Å². The second-order valence-electron chi connectivity index (χ2n) is 6.16. The third-order valence-corrected chi connectivity index (χ3v) is 2.91. The third kappa shape index (κ3) is 5.83. The third-order valence-electron chi connectivity index (χ3n) is 2.91. The van der Waals surface area contributed by atoms with Gasteiger partial charge in [0.25, 0.3) is 0 Å². The smallest absolute Gasteiger partial charge is 0.337 e. The average Bonchev–Trinajstić information content (AvgIpc) is 2.41. The zero-order valence-corrected chi connectivity index (χ0v) is 13.7. The summed E-state index contributed by atoms with van der Waals surface area (Å²) in [6.45, 7) is 7.68. The van der Waals surface area contributed by atoms with Crippen LogP contribution in [-0.4, -0.2) is 36.2 Å². The van der Waals surface area contributed by atoms with Gasteiger partial charge in [0.15, 0.2) is 0 Å². The lowest BCUT2D eigenvalue weighted by Crippen LogP contribution is -2.38. The minimum absolute atomic E-state index is 0.137. The summed E-state index contributed by atoms with van der Waals surface area (Å²) in [6, 6.07) is 4.72. The Morgan fingerprint density at radius 1 is 1.27 bits per heavy atom. The Kier molecular flexibility index (Phi) is 6.08. The number of β-amino-alcohol motifs (C(OH)–C–C–N with tert-alkyl or cyclic N) is 1. The van der Waals surface area contributed by atoms with Crippen molar-refractivity contribution in [3.63, 3.8) is 0 Å². The summed E-state index contributed by atoms with van der Waals surface area (Å²) in [5.74, 6) is -0.778. The molecular formula is C16H24N2O4. The molecule has 122 valence electrons. The van der Waals surface area contributed by atoms with Crippen molar-refractivity contribution in [2.24, 2.45) is 0 Å². The summed E-state index contributed by atoms with van der Waals surface area (Å²) in [5.41, 5.74) is 1.11. The van der Waals surface area contributed by atoms with Crippen LogP contribution in [0.5, 0.6) is 0 Å². The molecule has 0 aliphatic carbocycles. The molecule has 0 saturated heterocycles. The SMILES string of the molecule is COC(=O)c1cc(NC(C)=O)cc(C(O)CNC(C)(C)C)c1. The van der Waals surface area contributed by atoms with E-state index in [1.54, 1.807) is 12.1 Å². The van der Waals surface area contributed by atoms with Crippen molar-refractivity contribution in [3.05, 3.63) is 29.3 Å². The highest BCUT2D eigenvalue weighted by Crippen LogP contribution is 2.21. The van der Waals surface area contributed by atoms with Gasteiger partial charge >= 0.3 is 5.97 Å². The quantitative estimate of drug-likeness (QED) is 0.723. The van der Waals surface area contributed by atoms with E-state index in [1.807, 2.05) is 20.8 Å². The first-order valence-electron chi connectivity index (χ1n) is 7.06. The highest BCUT2D eigenvalue weighted by Gasteiger charge is 2.17. The number of carbonyl (C=O) groups excluding carboxylic acids is 2. The van der Waals surface area contributed by atoms with Crippen molar-refractivity contribution in [2.75, 3.05) is 19.0 Å². The molecule has 1 atom stereocenters. The molecule has 3 N–H and O–H groups in total. The minimum Gasteiger partial charge on any atom is -0.465 e. The zero-order chi connectivity index (χ0) is 16.9. The van der Waals surface area contributed by atoms with Gasteiger partial charge in [-0.15, -0.1) is 0 Å². The van der Waals surface area contributed by atoms with E-state index in [4.69, 9.17) is 4.74 Å². The molecule has 0 aliphatic rings. The van der Waals surface area contributed by atoms with Gasteiger partial charge in [0, 0.05) is 24.7 Å². The van der Waals surface area contributed by atoms with Crippen LogP contribution in [0.3, 0.4) is 0 Å². The topological polar surface area (TPSA) is 87.7 Å². The number of esters is 1. The molecule has 6 heteroatoms. The number of anilines is 1. The molecule has 1 aromatic carbocycles. The van der Waals surface area contributed by atoms with Gasteiger partial charge in [-0.1, -0.05) is 0 Å². The van der Waals surface area contributed by atoms with Gasteiger partial charge < -0.3 is 20.5 Å². The van der Waals surface area contributed by atoms with E-state index in [1.165, 1.54) is 20.1 Å². The van der Waals surface area contributed by atoms with Crippen LogP contribution in [0.1, 0.15) is 49.7 Å². The molecular weight excluding hydrogens is 284 g/mol. The van der Waals surface area contributed by atoms with Gasteiger partial charge in [-0.3, -0.25) is 4.79 Å². The molecule has 1 amide bonds. The predicted octanol–water partition coefficient (Wildman–Crippen LogP) is 1.85. The number of aliphatic hydroxyl groups excluding tert-OH is 1. The normalized spacial score (nSPS) is 12.6. The van der Waals surface area contributed by atoms with E-state index in [-0.39, 0.29) is 17.0 Å². The molecule has 0 spiro atoms. The summed E-state index contributed by atoms with van der Waals surface area (Å²) in [4.78, 5) is 22.9. The van der Waals surface area contributed by atoms with Gasteiger partial charge in [0.1, 0.15) is 0 Å². The van der Waals surface area contributed by atoms with Gasteiger partial charge in [-0.25, -0.2) is 4.79 Å². The van der Waals surface area contributed by atoms with Gasteiger partial charge in [-0.05, 0) is 44.5 Å². The molecule has 0 radical (unpaired) electrons. The lowest BCUT2D eigenvalue weighted by Gasteiger charge is -2.23. The Bertz CT molecular complexity index is 550. The fourth-order valence-corrected chi connectivity index (χ4v) is 1.88. The van der Waals surface area contributed by atoms with Crippen molar-refractivity contribution in [1.29, 1.82) is 0 Å². The standard InChI is InChI=1S/C16H24N2O4/c1-10(19)18-13-7-11(6-12(8-13)15(21)22-5)14(20)9-17-16(2,3)4/h6-8,14,17,20H,9H2,1-5H3,(H,18,19). The summed E-state index contributed by atoms with van der Waals surface area (Å²) in [6.07, 6.45) is -0.809. The first-order chi connectivity index (χ1) is 10.1. The van der Waals surface area contributed by atoms with Crippen molar-refractivity contribution in [1.82, 2.24) is 5.32 Å². The van der Waals surface area contributed by atoms with E-state index in [9.17, 15) is 14.7 Å². The molecule has 0 heterocycles. The minimum atomic E-state index is -0.809. The maximum absolute atomic E-state index is 11.7.